The van der Waals surface area contributed by atoms with Crippen LogP contribution in [0.3, 0.4) is 0 Å². The van der Waals surface area contributed by atoms with Crippen LogP contribution in [0.1, 0.15) is 6.92 Å². The minimum atomic E-state index is -0.567. The van der Waals surface area contributed by atoms with Crippen molar-refractivity contribution in [3.63, 3.8) is 0 Å². The third-order valence-electron chi connectivity index (χ3n) is 4.28. The van der Waals surface area contributed by atoms with Crippen molar-refractivity contribution in [3.8, 4) is 11.4 Å². The van der Waals surface area contributed by atoms with E-state index in [1.807, 2.05) is 6.92 Å². The van der Waals surface area contributed by atoms with Gasteiger partial charge in [-0.15, -0.1) is 5.10 Å². The first-order valence-corrected chi connectivity index (χ1v) is 9.15. The Morgan fingerprint density at radius 3 is 2.67 bits per heavy atom. The standard InChI is InChI=1S/C20H17FN6O3/c1-2-30-14-9-7-13(8-10-14)27-19-18(24-25-27)20(29)26(12-22-19)11-17(28)23-16-6-4-3-5-15(16)21/h3-10,12H,2,11H2,1H3,(H,23,28). The molecule has 0 spiro atoms. The molecule has 10 heteroatoms. The van der Waals surface area contributed by atoms with E-state index in [4.69, 9.17) is 4.74 Å². The molecule has 0 aliphatic rings. The van der Waals surface area contributed by atoms with E-state index in [0.717, 1.165) is 4.57 Å². The first kappa shape index (κ1) is 19.2. The van der Waals surface area contributed by atoms with Crippen LogP contribution in [-0.2, 0) is 11.3 Å². The van der Waals surface area contributed by atoms with E-state index in [2.05, 4.69) is 20.6 Å². The summed E-state index contributed by atoms with van der Waals surface area (Å²) >= 11 is 0. The van der Waals surface area contributed by atoms with Crippen molar-refractivity contribution in [2.45, 2.75) is 13.5 Å². The number of benzene rings is 2. The molecule has 2 aromatic heterocycles. The van der Waals surface area contributed by atoms with Crippen molar-refractivity contribution in [3.05, 3.63) is 71.0 Å². The normalized spacial score (nSPS) is 10.9. The van der Waals surface area contributed by atoms with Gasteiger partial charge in [0.05, 0.1) is 18.0 Å². The van der Waals surface area contributed by atoms with E-state index in [1.165, 1.54) is 29.2 Å². The summed E-state index contributed by atoms with van der Waals surface area (Å²) in [7, 11) is 0. The smallest absolute Gasteiger partial charge is 0.284 e. The van der Waals surface area contributed by atoms with Crippen molar-refractivity contribution in [2.75, 3.05) is 11.9 Å². The third-order valence-corrected chi connectivity index (χ3v) is 4.28. The average Bonchev–Trinajstić information content (AvgIpc) is 3.17. The predicted molar refractivity (Wildman–Crippen MR) is 107 cm³/mol. The van der Waals surface area contributed by atoms with Crippen LogP contribution < -0.4 is 15.6 Å². The zero-order valence-electron chi connectivity index (χ0n) is 15.9. The van der Waals surface area contributed by atoms with Crippen molar-refractivity contribution >= 4 is 22.8 Å². The van der Waals surface area contributed by atoms with Crippen LogP contribution >= 0.6 is 0 Å². The van der Waals surface area contributed by atoms with Gasteiger partial charge >= 0.3 is 0 Å². The molecule has 0 atom stereocenters. The zero-order valence-corrected chi connectivity index (χ0v) is 15.9. The summed E-state index contributed by atoms with van der Waals surface area (Å²) in [5.74, 6) is -0.422. The second-order valence-corrected chi connectivity index (χ2v) is 6.31. The highest BCUT2D eigenvalue weighted by molar-refractivity contribution is 5.90. The number of carbonyl (C=O) groups is 1. The van der Waals surface area contributed by atoms with Gasteiger partial charge in [0, 0.05) is 0 Å². The fourth-order valence-corrected chi connectivity index (χ4v) is 2.89. The highest BCUT2D eigenvalue weighted by Crippen LogP contribution is 2.17. The molecule has 0 aliphatic heterocycles. The van der Waals surface area contributed by atoms with E-state index >= 15 is 0 Å². The summed E-state index contributed by atoms with van der Waals surface area (Å²) in [5.41, 5.74) is 0.440. The van der Waals surface area contributed by atoms with E-state index in [0.29, 0.717) is 18.0 Å². The van der Waals surface area contributed by atoms with Gasteiger partial charge in [-0.2, -0.15) is 4.68 Å². The van der Waals surface area contributed by atoms with E-state index < -0.39 is 17.3 Å². The number of rotatable bonds is 6. The lowest BCUT2D eigenvalue weighted by atomic mass is 10.3. The number of para-hydroxylation sites is 1. The molecule has 0 radical (unpaired) electrons. The number of hydrogen-bond acceptors (Lipinski definition) is 6. The van der Waals surface area contributed by atoms with Crippen LogP contribution in [0.4, 0.5) is 10.1 Å². The number of carbonyl (C=O) groups excluding carboxylic acids is 1. The number of nitrogens with zero attached hydrogens (tertiary/aromatic N) is 5. The Morgan fingerprint density at radius 1 is 1.17 bits per heavy atom. The lowest BCUT2D eigenvalue weighted by Gasteiger charge is -2.08. The summed E-state index contributed by atoms with van der Waals surface area (Å²) in [6, 6.07) is 12.9. The zero-order chi connectivity index (χ0) is 21.1. The van der Waals surface area contributed by atoms with Crippen molar-refractivity contribution in [2.24, 2.45) is 0 Å². The Kier molecular flexibility index (Phi) is 5.21. The second-order valence-electron chi connectivity index (χ2n) is 6.31. The average molecular weight is 408 g/mol. The van der Waals surface area contributed by atoms with Crippen LogP contribution in [-0.4, -0.2) is 37.1 Å². The number of amides is 1. The molecule has 2 heterocycles. The van der Waals surface area contributed by atoms with Gasteiger partial charge in [-0.1, -0.05) is 17.3 Å². The van der Waals surface area contributed by atoms with Gasteiger partial charge in [-0.3, -0.25) is 14.2 Å². The maximum absolute atomic E-state index is 13.7. The highest BCUT2D eigenvalue weighted by atomic mass is 19.1. The van der Waals surface area contributed by atoms with Crippen LogP contribution in [0.15, 0.2) is 59.7 Å². The first-order chi connectivity index (χ1) is 14.6. The monoisotopic (exact) mass is 408 g/mol. The minimum absolute atomic E-state index is 0.0186. The largest absolute Gasteiger partial charge is 0.494 e. The van der Waals surface area contributed by atoms with Gasteiger partial charge in [0.15, 0.2) is 11.2 Å². The van der Waals surface area contributed by atoms with Crippen LogP contribution in [0.2, 0.25) is 0 Å². The van der Waals surface area contributed by atoms with Crippen molar-refractivity contribution in [1.29, 1.82) is 0 Å². The number of anilines is 1. The Balaban J connectivity index is 1.58. The molecule has 30 heavy (non-hydrogen) atoms. The van der Waals surface area contributed by atoms with Gasteiger partial charge in [-0.25, -0.2) is 9.37 Å². The number of fused-ring (bicyclic) bond motifs is 1. The predicted octanol–water partition coefficient (Wildman–Crippen LogP) is 2.15. The quantitative estimate of drug-likeness (QED) is 0.524. The van der Waals surface area contributed by atoms with Gasteiger partial charge in [0.1, 0.15) is 24.4 Å². The van der Waals surface area contributed by atoms with Gasteiger partial charge in [0.2, 0.25) is 5.91 Å². The molecule has 4 rings (SSSR count). The SMILES string of the molecule is CCOc1ccc(-n2nnc3c(=O)n(CC(=O)Nc4ccccc4F)cnc32)cc1. The Labute approximate surface area is 169 Å². The van der Waals surface area contributed by atoms with Crippen molar-refractivity contribution in [1.82, 2.24) is 24.5 Å². The van der Waals surface area contributed by atoms with Crippen LogP contribution in [0.5, 0.6) is 5.75 Å². The summed E-state index contributed by atoms with van der Waals surface area (Å²) in [5, 5.41) is 10.3. The fourth-order valence-electron chi connectivity index (χ4n) is 2.89. The fraction of sp³-hybridized carbons (Fsp3) is 0.150. The molecule has 0 bridgehead atoms. The Morgan fingerprint density at radius 2 is 1.93 bits per heavy atom. The molecular weight excluding hydrogens is 391 g/mol. The number of ether oxygens (including phenoxy) is 1. The van der Waals surface area contributed by atoms with Crippen LogP contribution in [0.25, 0.3) is 16.9 Å². The summed E-state index contributed by atoms with van der Waals surface area (Å²) < 4.78 is 21.6. The molecule has 1 N–H and O–H groups in total. The summed E-state index contributed by atoms with van der Waals surface area (Å²) in [6.45, 7) is 2.10. The second kappa shape index (κ2) is 8.11. The lowest BCUT2D eigenvalue weighted by molar-refractivity contribution is -0.116. The molecule has 0 saturated heterocycles. The number of hydrogen-bond donors (Lipinski definition) is 1. The molecule has 2 aromatic carbocycles. The highest BCUT2D eigenvalue weighted by Gasteiger charge is 2.15. The molecule has 0 aliphatic carbocycles. The van der Waals surface area contributed by atoms with E-state index in [1.54, 1.807) is 30.3 Å². The lowest BCUT2D eigenvalue weighted by Crippen LogP contribution is -2.28. The molecule has 1 amide bonds. The molecule has 0 fully saturated rings. The maximum Gasteiger partial charge on any atom is 0.284 e. The molecule has 9 nitrogen and oxygen atoms in total. The maximum atomic E-state index is 13.7. The van der Waals surface area contributed by atoms with Crippen molar-refractivity contribution < 1.29 is 13.9 Å². The Bertz CT molecular complexity index is 1270. The van der Waals surface area contributed by atoms with Gasteiger partial charge in [0.25, 0.3) is 5.56 Å². The van der Waals surface area contributed by atoms with Gasteiger partial charge in [-0.05, 0) is 43.3 Å². The van der Waals surface area contributed by atoms with E-state index in [9.17, 15) is 14.0 Å². The van der Waals surface area contributed by atoms with Crippen LogP contribution in [0, 0.1) is 5.82 Å². The minimum Gasteiger partial charge on any atom is -0.494 e. The topological polar surface area (TPSA) is 104 Å². The van der Waals surface area contributed by atoms with E-state index in [-0.39, 0.29) is 23.4 Å². The molecule has 0 saturated carbocycles. The number of aromatic nitrogens is 5. The first-order valence-electron chi connectivity index (χ1n) is 9.15. The third kappa shape index (κ3) is 3.75. The van der Waals surface area contributed by atoms with Gasteiger partial charge < -0.3 is 10.1 Å². The molecular formula is C20H17FN6O3. The number of nitrogens with one attached hydrogen (secondary N) is 1. The number of halogens is 1. The Hall–Kier alpha value is -4.08. The molecule has 0 unspecified atom stereocenters. The summed E-state index contributed by atoms with van der Waals surface area (Å²) in [4.78, 5) is 29.1. The molecule has 152 valence electrons. The molecule has 4 aromatic rings. The summed E-state index contributed by atoms with van der Waals surface area (Å²) in [6.07, 6.45) is 1.24.